The van der Waals surface area contributed by atoms with Gasteiger partial charge in [0, 0.05) is 31.7 Å². The van der Waals surface area contributed by atoms with Gasteiger partial charge in [0.25, 0.3) is 5.91 Å². The largest absolute Gasteiger partial charge is 0.371 e. The normalized spacial score (nSPS) is 11.3. The number of aromatic nitrogens is 6. The Bertz CT molecular complexity index is 1430. The van der Waals surface area contributed by atoms with Crippen molar-refractivity contribution >= 4 is 45.3 Å². The van der Waals surface area contributed by atoms with E-state index in [1.807, 2.05) is 36.9 Å². The molecule has 31 heavy (non-hydrogen) atoms. The van der Waals surface area contributed by atoms with Crippen LogP contribution in [-0.2, 0) is 13.6 Å². The fourth-order valence-electron chi connectivity index (χ4n) is 3.68. The zero-order chi connectivity index (χ0) is 21.5. The number of fused-ring (bicyclic) bond motifs is 3. The van der Waals surface area contributed by atoms with Crippen LogP contribution >= 0.6 is 11.5 Å². The Kier molecular flexibility index (Phi) is 4.63. The lowest BCUT2D eigenvalue weighted by molar-refractivity contribution is 0.0954. The summed E-state index contributed by atoms with van der Waals surface area (Å²) in [5, 5.41) is 11.0. The Morgan fingerprint density at radius 3 is 2.94 bits per heavy atom. The number of amides is 1. The lowest BCUT2D eigenvalue weighted by Gasteiger charge is -2.06. The molecule has 0 radical (unpaired) electrons. The van der Waals surface area contributed by atoms with Crippen LogP contribution in [0.2, 0.25) is 0 Å². The van der Waals surface area contributed by atoms with Crippen LogP contribution in [0.1, 0.15) is 20.9 Å². The molecule has 0 spiro atoms. The number of benzene rings is 1. The Morgan fingerprint density at radius 2 is 2.16 bits per heavy atom. The highest BCUT2D eigenvalue weighted by molar-refractivity contribution is 7.08. The van der Waals surface area contributed by atoms with Gasteiger partial charge in [-0.05, 0) is 41.7 Å². The summed E-state index contributed by atoms with van der Waals surface area (Å²) in [5.41, 5.74) is 6.26. The maximum absolute atomic E-state index is 12.4. The first-order valence-electron chi connectivity index (χ1n) is 9.73. The van der Waals surface area contributed by atoms with Crippen molar-refractivity contribution in [2.45, 2.75) is 13.5 Å². The molecule has 3 N–H and O–H groups in total. The minimum Gasteiger partial charge on any atom is -0.371 e. The minimum atomic E-state index is -0.161. The smallest absolute Gasteiger partial charge is 0.265 e. The number of H-pyrrole nitrogens is 1. The highest BCUT2D eigenvalue weighted by atomic mass is 32.1. The molecule has 0 atom stereocenters. The summed E-state index contributed by atoms with van der Waals surface area (Å²) in [6.07, 6.45) is 1.79. The van der Waals surface area contributed by atoms with E-state index in [1.165, 1.54) is 0 Å². The molecule has 10 heteroatoms. The van der Waals surface area contributed by atoms with Crippen LogP contribution in [0, 0.1) is 6.92 Å². The zero-order valence-corrected chi connectivity index (χ0v) is 18.0. The first-order valence-corrected chi connectivity index (χ1v) is 10.5. The number of imidazole rings is 1. The summed E-state index contributed by atoms with van der Waals surface area (Å²) >= 11 is 1.10. The molecular weight excluding hydrogens is 412 g/mol. The fourth-order valence-corrected chi connectivity index (χ4v) is 4.25. The van der Waals surface area contributed by atoms with Gasteiger partial charge in [0.1, 0.15) is 16.0 Å². The van der Waals surface area contributed by atoms with Crippen molar-refractivity contribution in [3.8, 4) is 11.3 Å². The van der Waals surface area contributed by atoms with Crippen molar-refractivity contribution < 1.29 is 4.79 Å². The predicted octanol–water partition coefficient (Wildman–Crippen LogP) is 3.25. The number of pyridine rings is 1. The van der Waals surface area contributed by atoms with E-state index in [4.69, 9.17) is 0 Å². The third-order valence-corrected chi connectivity index (χ3v) is 6.05. The molecule has 4 heterocycles. The van der Waals surface area contributed by atoms with Crippen LogP contribution < -0.4 is 10.6 Å². The predicted molar refractivity (Wildman–Crippen MR) is 121 cm³/mol. The number of rotatable bonds is 5. The maximum atomic E-state index is 12.4. The van der Waals surface area contributed by atoms with E-state index in [0.717, 1.165) is 56.2 Å². The van der Waals surface area contributed by atoms with E-state index >= 15 is 0 Å². The van der Waals surface area contributed by atoms with Crippen molar-refractivity contribution in [2.75, 3.05) is 12.4 Å². The summed E-state index contributed by atoms with van der Waals surface area (Å²) in [6.45, 7) is 2.19. The molecule has 1 amide bonds. The van der Waals surface area contributed by atoms with E-state index in [2.05, 4.69) is 47.3 Å². The maximum Gasteiger partial charge on any atom is 0.265 e. The van der Waals surface area contributed by atoms with E-state index in [9.17, 15) is 4.79 Å². The fraction of sp³-hybridized carbons (Fsp3) is 0.190. The van der Waals surface area contributed by atoms with Gasteiger partial charge in [-0.15, -0.1) is 5.10 Å². The van der Waals surface area contributed by atoms with Gasteiger partial charge in [0.2, 0.25) is 0 Å². The van der Waals surface area contributed by atoms with Crippen LogP contribution in [0.5, 0.6) is 0 Å². The molecule has 0 aliphatic carbocycles. The molecule has 0 aliphatic heterocycles. The quantitative estimate of drug-likeness (QED) is 0.393. The molecule has 0 fully saturated rings. The molecule has 5 aromatic rings. The molecule has 4 aromatic heterocycles. The monoisotopic (exact) mass is 432 g/mol. The molecule has 5 rings (SSSR count). The van der Waals surface area contributed by atoms with E-state index in [1.54, 1.807) is 13.3 Å². The molecule has 0 unspecified atom stereocenters. The van der Waals surface area contributed by atoms with E-state index in [0.29, 0.717) is 17.1 Å². The number of nitrogens with zero attached hydrogens (tertiary/aromatic N) is 5. The minimum absolute atomic E-state index is 0.161. The first-order chi connectivity index (χ1) is 15.0. The number of anilines is 1. The molecule has 156 valence electrons. The van der Waals surface area contributed by atoms with Crippen LogP contribution in [-0.4, -0.2) is 42.1 Å². The third kappa shape index (κ3) is 3.30. The highest BCUT2D eigenvalue weighted by Crippen LogP contribution is 2.31. The van der Waals surface area contributed by atoms with Crippen LogP contribution in [0.3, 0.4) is 0 Å². The SMILES string of the molecule is CNc1nc2[nH]c(-c3cccc(CNC(=O)c4snnc4C)c3)cc2c2c1ncn2C. The van der Waals surface area contributed by atoms with Gasteiger partial charge in [-0.3, -0.25) is 4.79 Å². The Morgan fingerprint density at radius 1 is 1.29 bits per heavy atom. The summed E-state index contributed by atoms with van der Waals surface area (Å²) in [6, 6.07) is 10.2. The van der Waals surface area contributed by atoms with Crippen molar-refractivity contribution in [1.29, 1.82) is 0 Å². The summed E-state index contributed by atoms with van der Waals surface area (Å²) in [4.78, 5) is 25.5. The van der Waals surface area contributed by atoms with Gasteiger partial charge in [-0.25, -0.2) is 9.97 Å². The second-order valence-electron chi connectivity index (χ2n) is 7.28. The number of carbonyl (C=O) groups excluding carboxylic acids is 1. The number of aryl methyl sites for hydroxylation is 2. The number of nitrogens with one attached hydrogen (secondary N) is 3. The Labute approximate surface area is 181 Å². The summed E-state index contributed by atoms with van der Waals surface area (Å²) in [5.74, 6) is 0.576. The van der Waals surface area contributed by atoms with Gasteiger partial charge in [0.15, 0.2) is 5.82 Å². The average Bonchev–Trinajstić information content (AvgIpc) is 3.49. The van der Waals surface area contributed by atoms with Crippen molar-refractivity contribution in [3.63, 3.8) is 0 Å². The highest BCUT2D eigenvalue weighted by Gasteiger charge is 2.16. The topological polar surface area (TPSA) is 113 Å². The standard InChI is InChI=1S/C21H20N8OS/c1-11-18(31-28-27-11)21(30)23-9-12-5-4-6-13(7-12)15-8-14-17-16(24-10-29(17)3)20(22-2)26-19(14)25-15/h4-8,10H,9H2,1-3H3,(H,23,30)(H2,22,25,26). The average molecular weight is 433 g/mol. The van der Waals surface area contributed by atoms with Crippen molar-refractivity contribution in [2.24, 2.45) is 7.05 Å². The van der Waals surface area contributed by atoms with Crippen LogP contribution in [0.25, 0.3) is 33.3 Å². The molecule has 0 aliphatic rings. The van der Waals surface area contributed by atoms with Gasteiger partial charge < -0.3 is 20.2 Å². The van der Waals surface area contributed by atoms with Gasteiger partial charge in [0.05, 0.1) is 17.5 Å². The van der Waals surface area contributed by atoms with Crippen molar-refractivity contribution in [3.05, 3.63) is 52.8 Å². The zero-order valence-electron chi connectivity index (χ0n) is 17.2. The number of aromatic amines is 1. The lowest BCUT2D eigenvalue weighted by Crippen LogP contribution is -2.22. The molecular formula is C21H20N8OS. The van der Waals surface area contributed by atoms with Gasteiger partial charge in [-0.1, -0.05) is 22.7 Å². The summed E-state index contributed by atoms with van der Waals surface area (Å²) < 4.78 is 5.82. The van der Waals surface area contributed by atoms with E-state index < -0.39 is 0 Å². The lowest BCUT2D eigenvalue weighted by atomic mass is 10.1. The second kappa shape index (κ2) is 7.47. The Balaban J connectivity index is 1.47. The van der Waals surface area contributed by atoms with Crippen LogP contribution in [0.4, 0.5) is 5.82 Å². The Hall–Kier alpha value is -3.79. The molecule has 0 saturated heterocycles. The molecule has 9 nitrogen and oxygen atoms in total. The second-order valence-corrected chi connectivity index (χ2v) is 8.03. The van der Waals surface area contributed by atoms with Crippen LogP contribution in [0.15, 0.2) is 36.7 Å². The van der Waals surface area contributed by atoms with Gasteiger partial charge in [-0.2, -0.15) is 0 Å². The van der Waals surface area contributed by atoms with Crippen molar-refractivity contribution in [1.82, 2.24) is 34.4 Å². The molecule has 0 bridgehead atoms. The first kappa shape index (κ1) is 19.2. The number of carbonyl (C=O) groups is 1. The van der Waals surface area contributed by atoms with Gasteiger partial charge >= 0.3 is 0 Å². The number of hydrogen-bond acceptors (Lipinski definition) is 7. The molecule has 0 saturated carbocycles. The molecule has 1 aromatic carbocycles. The third-order valence-electron chi connectivity index (χ3n) is 5.22. The summed E-state index contributed by atoms with van der Waals surface area (Å²) in [7, 11) is 3.82. The number of hydrogen-bond donors (Lipinski definition) is 3. The van der Waals surface area contributed by atoms with E-state index in [-0.39, 0.29) is 5.91 Å².